The van der Waals surface area contributed by atoms with Crippen molar-refractivity contribution in [2.24, 2.45) is 0 Å². The predicted octanol–water partition coefficient (Wildman–Crippen LogP) is 4.62. The first-order chi connectivity index (χ1) is 10.5. The summed E-state index contributed by atoms with van der Waals surface area (Å²) in [5.41, 5.74) is 2.83. The smallest absolute Gasteiger partial charge is 0.307 e. The summed E-state index contributed by atoms with van der Waals surface area (Å²) in [6, 6.07) is 13.1. The molecule has 3 nitrogen and oxygen atoms in total. The van der Waals surface area contributed by atoms with Crippen LogP contribution in [-0.4, -0.2) is 15.6 Å². The van der Waals surface area contributed by atoms with E-state index < -0.39 is 5.97 Å². The standard InChI is InChI=1S/C17H13Cl2NO2/c18-13-3-1-11(2-4-13)9-20-10-12(7-17(21)22)15-8-14(19)5-6-16(15)20/h1-6,8,10H,7,9H2,(H,21,22). The van der Waals surface area contributed by atoms with Crippen LogP contribution in [0.5, 0.6) is 0 Å². The number of aliphatic carboxylic acids is 1. The number of nitrogens with zero attached hydrogens (tertiary/aromatic N) is 1. The number of hydrogen-bond acceptors (Lipinski definition) is 1. The topological polar surface area (TPSA) is 42.2 Å². The average Bonchev–Trinajstić information content (AvgIpc) is 2.78. The molecule has 112 valence electrons. The van der Waals surface area contributed by atoms with E-state index in [-0.39, 0.29) is 6.42 Å². The van der Waals surface area contributed by atoms with E-state index >= 15 is 0 Å². The summed E-state index contributed by atoms with van der Waals surface area (Å²) in [7, 11) is 0. The Balaban J connectivity index is 2.05. The summed E-state index contributed by atoms with van der Waals surface area (Å²) in [5, 5.41) is 11.2. The number of carboxylic acids is 1. The fourth-order valence-corrected chi connectivity index (χ4v) is 2.86. The van der Waals surface area contributed by atoms with E-state index in [2.05, 4.69) is 0 Å². The number of hydrogen-bond donors (Lipinski definition) is 1. The first kappa shape index (κ1) is 14.9. The van der Waals surface area contributed by atoms with Crippen LogP contribution in [0, 0.1) is 0 Å². The quantitative estimate of drug-likeness (QED) is 0.756. The minimum atomic E-state index is -0.856. The molecule has 0 aliphatic heterocycles. The first-order valence-corrected chi connectivity index (χ1v) is 7.52. The molecule has 0 saturated carbocycles. The third-order valence-electron chi connectivity index (χ3n) is 3.53. The molecule has 0 radical (unpaired) electrons. The summed E-state index contributed by atoms with van der Waals surface area (Å²) in [6.07, 6.45) is 1.86. The number of halogens is 2. The lowest BCUT2D eigenvalue weighted by Gasteiger charge is -2.06. The molecular weight excluding hydrogens is 321 g/mol. The molecule has 0 atom stereocenters. The number of benzene rings is 2. The second-order valence-electron chi connectivity index (χ2n) is 5.14. The van der Waals surface area contributed by atoms with Crippen molar-refractivity contribution in [1.29, 1.82) is 0 Å². The molecule has 0 amide bonds. The fourth-order valence-electron chi connectivity index (χ4n) is 2.56. The van der Waals surface area contributed by atoms with Crippen LogP contribution in [0.3, 0.4) is 0 Å². The highest BCUT2D eigenvalue weighted by Crippen LogP contribution is 2.26. The molecular formula is C17H13Cl2NO2. The summed E-state index contributed by atoms with van der Waals surface area (Å²) >= 11 is 11.9. The van der Waals surface area contributed by atoms with Crippen molar-refractivity contribution in [3.8, 4) is 0 Å². The van der Waals surface area contributed by atoms with Crippen molar-refractivity contribution in [1.82, 2.24) is 4.57 Å². The number of carbonyl (C=O) groups is 1. The molecule has 3 rings (SSSR count). The van der Waals surface area contributed by atoms with E-state index in [1.807, 2.05) is 53.2 Å². The Labute approximate surface area is 137 Å². The molecule has 0 fully saturated rings. The monoisotopic (exact) mass is 333 g/mol. The fraction of sp³-hybridized carbons (Fsp3) is 0.118. The van der Waals surface area contributed by atoms with Gasteiger partial charge in [0.25, 0.3) is 0 Å². The van der Waals surface area contributed by atoms with Crippen LogP contribution in [0.15, 0.2) is 48.7 Å². The van der Waals surface area contributed by atoms with Crippen LogP contribution in [0.25, 0.3) is 10.9 Å². The normalized spacial score (nSPS) is 11.0. The molecule has 0 spiro atoms. The van der Waals surface area contributed by atoms with E-state index in [9.17, 15) is 4.79 Å². The maximum absolute atomic E-state index is 11.0. The second kappa shape index (κ2) is 6.03. The van der Waals surface area contributed by atoms with Crippen LogP contribution >= 0.6 is 23.2 Å². The Morgan fingerprint density at radius 3 is 2.41 bits per heavy atom. The van der Waals surface area contributed by atoms with E-state index in [0.29, 0.717) is 16.6 Å². The molecule has 0 saturated heterocycles. The third-order valence-corrected chi connectivity index (χ3v) is 4.02. The van der Waals surface area contributed by atoms with Gasteiger partial charge in [-0.15, -0.1) is 0 Å². The van der Waals surface area contributed by atoms with Crippen LogP contribution in [0.1, 0.15) is 11.1 Å². The van der Waals surface area contributed by atoms with E-state index in [0.717, 1.165) is 22.0 Å². The van der Waals surface area contributed by atoms with Crippen LogP contribution in [0.4, 0.5) is 0 Å². The number of aromatic nitrogens is 1. The highest BCUT2D eigenvalue weighted by Gasteiger charge is 2.12. The first-order valence-electron chi connectivity index (χ1n) is 6.76. The highest BCUT2D eigenvalue weighted by molar-refractivity contribution is 6.31. The van der Waals surface area contributed by atoms with Gasteiger partial charge in [0.15, 0.2) is 0 Å². The summed E-state index contributed by atoms with van der Waals surface area (Å²) in [6.45, 7) is 0.648. The summed E-state index contributed by atoms with van der Waals surface area (Å²) < 4.78 is 2.03. The molecule has 0 aliphatic carbocycles. The molecule has 1 aromatic heterocycles. The van der Waals surface area contributed by atoms with Gasteiger partial charge >= 0.3 is 5.97 Å². The zero-order valence-corrected chi connectivity index (χ0v) is 13.1. The molecule has 5 heteroatoms. The number of rotatable bonds is 4. The van der Waals surface area contributed by atoms with Gasteiger partial charge in [0.2, 0.25) is 0 Å². The molecule has 0 unspecified atom stereocenters. The minimum Gasteiger partial charge on any atom is -0.481 e. The molecule has 1 heterocycles. The van der Waals surface area contributed by atoms with Gasteiger partial charge < -0.3 is 9.67 Å². The molecule has 0 aliphatic rings. The van der Waals surface area contributed by atoms with E-state index in [1.54, 1.807) is 0 Å². The molecule has 22 heavy (non-hydrogen) atoms. The van der Waals surface area contributed by atoms with Crippen molar-refractivity contribution in [3.63, 3.8) is 0 Å². The number of carboxylic acid groups (broad SMARTS) is 1. The van der Waals surface area contributed by atoms with Crippen LogP contribution in [0.2, 0.25) is 10.0 Å². The van der Waals surface area contributed by atoms with Gasteiger partial charge in [-0.2, -0.15) is 0 Å². The second-order valence-corrected chi connectivity index (χ2v) is 6.01. The zero-order valence-electron chi connectivity index (χ0n) is 11.6. The van der Waals surface area contributed by atoms with E-state index in [1.165, 1.54) is 0 Å². The minimum absolute atomic E-state index is 0.0234. The summed E-state index contributed by atoms with van der Waals surface area (Å²) in [4.78, 5) is 11.0. The molecule has 2 aromatic carbocycles. The lowest BCUT2D eigenvalue weighted by molar-refractivity contribution is -0.136. The van der Waals surface area contributed by atoms with Crippen molar-refractivity contribution in [2.75, 3.05) is 0 Å². The Bertz CT molecular complexity index is 838. The van der Waals surface area contributed by atoms with E-state index in [4.69, 9.17) is 28.3 Å². The maximum Gasteiger partial charge on any atom is 0.307 e. The van der Waals surface area contributed by atoms with Crippen molar-refractivity contribution < 1.29 is 9.90 Å². The van der Waals surface area contributed by atoms with Gasteiger partial charge in [-0.05, 0) is 41.5 Å². The highest BCUT2D eigenvalue weighted by atomic mass is 35.5. The largest absolute Gasteiger partial charge is 0.481 e. The van der Waals surface area contributed by atoms with Crippen molar-refractivity contribution >= 4 is 40.1 Å². The van der Waals surface area contributed by atoms with Crippen molar-refractivity contribution in [2.45, 2.75) is 13.0 Å². The maximum atomic E-state index is 11.0. The van der Waals surface area contributed by atoms with Crippen LogP contribution in [-0.2, 0) is 17.8 Å². The molecule has 3 aromatic rings. The Morgan fingerprint density at radius 1 is 1.05 bits per heavy atom. The Morgan fingerprint density at radius 2 is 1.73 bits per heavy atom. The van der Waals surface area contributed by atoms with Crippen LogP contribution < -0.4 is 0 Å². The van der Waals surface area contributed by atoms with Gasteiger partial charge in [-0.1, -0.05) is 35.3 Å². The number of fused-ring (bicyclic) bond motifs is 1. The Hall–Kier alpha value is -1.97. The Kier molecular flexibility index (Phi) is 4.10. The van der Waals surface area contributed by atoms with Gasteiger partial charge in [-0.3, -0.25) is 4.79 Å². The third kappa shape index (κ3) is 3.11. The molecule has 1 N–H and O–H groups in total. The van der Waals surface area contributed by atoms with Gasteiger partial charge in [0, 0.05) is 33.7 Å². The average molecular weight is 334 g/mol. The lowest BCUT2D eigenvalue weighted by atomic mass is 10.1. The zero-order chi connectivity index (χ0) is 15.7. The predicted molar refractivity (Wildman–Crippen MR) is 88.8 cm³/mol. The molecule has 0 bridgehead atoms. The lowest BCUT2D eigenvalue weighted by Crippen LogP contribution is -2.00. The van der Waals surface area contributed by atoms with Gasteiger partial charge in [0.1, 0.15) is 0 Å². The SMILES string of the molecule is O=C(O)Cc1cn(Cc2ccc(Cl)cc2)c2ccc(Cl)cc12. The van der Waals surface area contributed by atoms with Gasteiger partial charge in [0.05, 0.1) is 6.42 Å². The summed E-state index contributed by atoms with van der Waals surface area (Å²) in [5.74, 6) is -0.856. The van der Waals surface area contributed by atoms with Gasteiger partial charge in [-0.25, -0.2) is 0 Å². The van der Waals surface area contributed by atoms with Crippen molar-refractivity contribution in [3.05, 3.63) is 69.8 Å².